The molecule has 3 nitrogen and oxygen atoms in total. The number of nitrogens with zero attached hydrogens (tertiary/aromatic N) is 2. The van der Waals surface area contributed by atoms with Crippen molar-refractivity contribution in [2.45, 2.75) is 19.3 Å². The summed E-state index contributed by atoms with van der Waals surface area (Å²) in [5.74, 6) is 0.676. The van der Waals surface area contributed by atoms with Gasteiger partial charge in [0.05, 0.1) is 5.56 Å². The topological polar surface area (TPSA) is 48.7 Å². The summed E-state index contributed by atoms with van der Waals surface area (Å²) in [6.07, 6.45) is 3.38. The molecule has 4 heteroatoms. The molecule has 122 valence electrons. The van der Waals surface area contributed by atoms with E-state index in [2.05, 4.69) is 34.6 Å². The van der Waals surface area contributed by atoms with E-state index in [4.69, 9.17) is 11.6 Å². The van der Waals surface area contributed by atoms with Gasteiger partial charge in [-0.3, -0.25) is 0 Å². The Kier molecular flexibility index (Phi) is 4.13. The van der Waals surface area contributed by atoms with Crippen LogP contribution in [0, 0.1) is 11.3 Å². The largest absolute Gasteiger partial charge is 0.339 e. The van der Waals surface area contributed by atoms with Gasteiger partial charge in [-0.25, -0.2) is 4.98 Å². The van der Waals surface area contributed by atoms with Crippen LogP contribution in [0.4, 0.5) is 11.5 Å². The zero-order chi connectivity index (χ0) is 17.2. The van der Waals surface area contributed by atoms with E-state index in [1.165, 1.54) is 17.5 Å². The van der Waals surface area contributed by atoms with Crippen LogP contribution in [-0.2, 0) is 12.8 Å². The highest BCUT2D eigenvalue weighted by molar-refractivity contribution is 6.30. The normalized spacial score (nSPS) is 12.5. The molecular weight excluding hydrogens is 330 g/mol. The van der Waals surface area contributed by atoms with Crippen molar-refractivity contribution in [3.63, 3.8) is 0 Å². The number of hydrogen-bond donors (Lipinski definition) is 1. The number of aryl methyl sites for hydroxylation is 1. The van der Waals surface area contributed by atoms with Crippen molar-refractivity contribution in [2.75, 3.05) is 5.32 Å². The van der Waals surface area contributed by atoms with Gasteiger partial charge in [0.15, 0.2) is 0 Å². The molecule has 0 fully saturated rings. The minimum absolute atomic E-state index is 0.220. The lowest BCUT2D eigenvalue weighted by Gasteiger charge is -2.15. The monoisotopic (exact) mass is 345 g/mol. The highest BCUT2D eigenvalue weighted by atomic mass is 35.5. The summed E-state index contributed by atoms with van der Waals surface area (Å²) in [4.78, 5) is 4.47. The molecule has 0 spiro atoms. The first-order valence-corrected chi connectivity index (χ1v) is 8.68. The Morgan fingerprint density at radius 3 is 2.68 bits per heavy atom. The molecule has 0 bridgehead atoms. The van der Waals surface area contributed by atoms with Crippen molar-refractivity contribution in [1.29, 1.82) is 5.26 Å². The van der Waals surface area contributed by atoms with Crippen LogP contribution >= 0.6 is 11.6 Å². The van der Waals surface area contributed by atoms with Crippen LogP contribution < -0.4 is 5.32 Å². The van der Waals surface area contributed by atoms with Gasteiger partial charge in [-0.15, -0.1) is 0 Å². The Bertz CT molecular complexity index is 974. The number of benzene rings is 2. The summed E-state index contributed by atoms with van der Waals surface area (Å²) in [7, 11) is 0. The molecule has 0 unspecified atom stereocenters. The highest BCUT2D eigenvalue weighted by Crippen LogP contribution is 2.35. The third kappa shape index (κ3) is 2.97. The van der Waals surface area contributed by atoms with Crippen LogP contribution in [0.3, 0.4) is 0 Å². The van der Waals surface area contributed by atoms with E-state index < -0.39 is 0 Å². The van der Waals surface area contributed by atoms with Crippen LogP contribution in [0.25, 0.3) is 11.1 Å². The minimum atomic E-state index is 0.220. The second-order valence-electron chi connectivity index (χ2n) is 6.12. The van der Waals surface area contributed by atoms with Gasteiger partial charge in [-0.1, -0.05) is 54.1 Å². The Morgan fingerprint density at radius 1 is 1.04 bits per heavy atom. The highest BCUT2D eigenvalue weighted by Gasteiger charge is 2.17. The van der Waals surface area contributed by atoms with Crippen LogP contribution in [0.2, 0.25) is 5.15 Å². The van der Waals surface area contributed by atoms with Gasteiger partial charge in [0.2, 0.25) is 0 Å². The van der Waals surface area contributed by atoms with E-state index in [-0.39, 0.29) is 5.15 Å². The van der Waals surface area contributed by atoms with Gasteiger partial charge >= 0.3 is 0 Å². The number of aromatic nitrogens is 1. The Balaban J connectivity index is 1.83. The SMILES string of the molecule is N#Cc1cc(-c2ccccc2)c(Nc2cccc3c2CCC3)nc1Cl. The third-order valence-electron chi connectivity index (χ3n) is 4.58. The first-order valence-electron chi connectivity index (χ1n) is 8.30. The molecule has 1 aromatic heterocycles. The molecule has 0 saturated heterocycles. The second kappa shape index (κ2) is 6.58. The van der Waals surface area contributed by atoms with Crippen molar-refractivity contribution in [1.82, 2.24) is 4.98 Å². The number of halogens is 1. The van der Waals surface area contributed by atoms with Crippen LogP contribution in [-0.4, -0.2) is 4.98 Å². The number of rotatable bonds is 3. The Labute approximate surface area is 151 Å². The average Bonchev–Trinajstić information content (AvgIpc) is 3.12. The molecule has 1 aliphatic rings. The zero-order valence-electron chi connectivity index (χ0n) is 13.6. The molecule has 2 aromatic carbocycles. The van der Waals surface area contributed by atoms with Crippen molar-refractivity contribution < 1.29 is 0 Å². The quantitative estimate of drug-likeness (QED) is 0.637. The third-order valence-corrected chi connectivity index (χ3v) is 4.87. The lowest BCUT2D eigenvalue weighted by molar-refractivity contribution is 0.912. The molecule has 0 radical (unpaired) electrons. The predicted molar refractivity (Wildman–Crippen MR) is 101 cm³/mol. The number of nitriles is 1. The van der Waals surface area contributed by atoms with Crippen LogP contribution in [0.15, 0.2) is 54.6 Å². The van der Waals surface area contributed by atoms with E-state index in [1.807, 2.05) is 30.3 Å². The van der Waals surface area contributed by atoms with Gasteiger partial charge in [-0.2, -0.15) is 5.26 Å². The van der Waals surface area contributed by atoms with Crippen molar-refractivity contribution in [2.24, 2.45) is 0 Å². The molecule has 1 aliphatic carbocycles. The van der Waals surface area contributed by atoms with Gasteiger partial charge in [0.1, 0.15) is 17.0 Å². The first kappa shape index (κ1) is 15.7. The smallest absolute Gasteiger partial charge is 0.149 e. The molecule has 4 rings (SSSR count). The zero-order valence-corrected chi connectivity index (χ0v) is 14.3. The second-order valence-corrected chi connectivity index (χ2v) is 6.48. The summed E-state index contributed by atoms with van der Waals surface area (Å²) in [5.41, 5.74) is 6.06. The van der Waals surface area contributed by atoms with E-state index in [0.29, 0.717) is 11.4 Å². The fourth-order valence-corrected chi connectivity index (χ4v) is 3.55. The van der Waals surface area contributed by atoms with Crippen LogP contribution in [0.5, 0.6) is 0 Å². The predicted octanol–water partition coefficient (Wildman–Crippen LogP) is 5.51. The molecular formula is C21H16ClN3. The molecule has 0 amide bonds. The molecule has 0 aliphatic heterocycles. The average molecular weight is 346 g/mol. The van der Waals surface area contributed by atoms with Crippen molar-refractivity contribution in [3.8, 4) is 17.2 Å². The molecule has 25 heavy (non-hydrogen) atoms. The van der Waals surface area contributed by atoms with Gasteiger partial charge in [0.25, 0.3) is 0 Å². The summed E-state index contributed by atoms with van der Waals surface area (Å²) >= 11 is 6.20. The van der Waals surface area contributed by atoms with E-state index in [1.54, 1.807) is 6.07 Å². The van der Waals surface area contributed by atoms with E-state index in [0.717, 1.165) is 29.7 Å². The number of pyridine rings is 1. The molecule has 3 aromatic rings. The molecule has 1 N–H and O–H groups in total. The summed E-state index contributed by atoms with van der Waals surface area (Å²) in [6, 6.07) is 20.2. The summed E-state index contributed by atoms with van der Waals surface area (Å²) in [5, 5.41) is 13.0. The van der Waals surface area contributed by atoms with E-state index >= 15 is 0 Å². The molecule has 1 heterocycles. The maximum Gasteiger partial charge on any atom is 0.149 e. The summed E-state index contributed by atoms with van der Waals surface area (Å²) in [6.45, 7) is 0. The number of anilines is 2. The maximum absolute atomic E-state index is 9.30. The van der Waals surface area contributed by atoms with Gasteiger partial charge < -0.3 is 5.32 Å². The van der Waals surface area contributed by atoms with E-state index in [9.17, 15) is 5.26 Å². The Morgan fingerprint density at radius 2 is 1.88 bits per heavy atom. The number of hydrogen-bond acceptors (Lipinski definition) is 3. The van der Waals surface area contributed by atoms with Crippen molar-refractivity contribution >= 4 is 23.1 Å². The molecule has 0 saturated carbocycles. The van der Waals surface area contributed by atoms with Crippen molar-refractivity contribution in [3.05, 3.63) is 76.4 Å². The first-order chi connectivity index (χ1) is 12.3. The van der Waals surface area contributed by atoms with Crippen LogP contribution in [0.1, 0.15) is 23.1 Å². The summed E-state index contributed by atoms with van der Waals surface area (Å²) < 4.78 is 0. The van der Waals surface area contributed by atoms with Gasteiger partial charge in [-0.05, 0) is 48.1 Å². The number of nitrogens with one attached hydrogen (secondary N) is 1. The van der Waals surface area contributed by atoms with Gasteiger partial charge in [0, 0.05) is 11.3 Å². The lowest BCUT2D eigenvalue weighted by Crippen LogP contribution is -2.01. The molecule has 0 atom stereocenters. The standard InChI is InChI=1S/C21H16ClN3/c22-20-16(13-23)12-18(15-6-2-1-3-7-15)21(25-20)24-19-11-5-9-14-8-4-10-17(14)19/h1-3,5-7,9,11-12H,4,8,10H2,(H,24,25). The Hall–Kier alpha value is -2.83. The fourth-order valence-electron chi connectivity index (χ4n) is 3.37. The fraction of sp³-hybridized carbons (Fsp3) is 0.143. The maximum atomic E-state index is 9.30. The number of fused-ring (bicyclic) bond motifs is 1. The minimum Gasteiger partial charge on any atom is -0.339 e. The lowest BCUT2D eigenvalue weighted by atomic mass is 10.0.